The van der Waals surface area contributed by atoms with Crippen LogP contribution >= 0.6 is 0 Å². The molecule has 0 saturated heterocycles. The quantitative estimate of drug-likeness (QED) is 0.722. The highest BCUT2D eigenvalue weighted by Crippen LogP contribution is 2.34. The first-order chi connectivity index (χ1) is 14.0. The van der Waals surface area contributed by atoms with E-state index in [4.69, 9.17) is 4.74 Å². The molecule has 1 aliphatic rings. The van der Waals surface area contributed by atoms with Crippen LogP contribution in [0.5, 0.6) is 5.75 Å². The summed E-state index contributed by atoms with van der Waals surface area (Å²) < 4.78 is 7.14. The molecule has 0 fully saturated rings. The molecule has 1 N–H and O–H groups in total. The topological polar surface area (TPSA) is 100 Å². The third kappa shape index (κ3) is 4.29. The number of anilines is 2. The van der Waals surface area contributed by atoms with Crippen LogP contribution in [-0.4, -0.2) is 71.3 Å². The van der Waals surface area contributed by atoms with Gasteiger partial charge in [-0.05, 0) is 26.0 Å². The fraction of sp³-hybridized carbons (Fsp3) is 0.400. The highest BCUT2D eigenvalue weighted by molar-refractivity contribution is 5.95. The van der Waals surface area contributed by atoms with Gasteiger partial charge in [-0.3, -0.25) is 19.1 Å². The largest absolute Gasteiger partial charge is 0.488 e. The van der Waals surface area contributed by atoms with Gasteiger partial charge < -0.3 is 19.6 Å². The third-order valence-electron chi connectivity index (χ3n) is 4.66. The molecule has 9 nitrogen and oxygen atoms in total. The summed E-state index contributed by atoms with van der Waals surface area (Å²) in [5.74, 6) is 0.901. The minimum atomic E-state index is -0.610. The number of aliphatic hydroxyl groups excluding tert-OH is 1. The van der Waals surface area contributed by atoms with Crippen molar-refractivity contribution in [1.82, 2.24) is 14.5 Å². The lowest BCUT2D eigenvalue weighted by molar-refractivity contribution is 0.0659. The molecule has 9 heteroatoms. The Morgan fingerprint density at radius 3 is 2.93 bits per heavy atom. The van der Waals surface area contributed by atoms with Crippen LogP contribution in [0.3, 0.4) is 0 Å². The summed E-state index contributed by atoms with van der Waals surface area (Å²) in [5.41, 5.74) is 1.75. The molecule has 154 valence electrons. The molecular weight excluding hydrogens is 374 g/mol. The molecule has 0 aliphatic carbocycles. The average molecular weight is 399 g/mol. The van der Waals surface area contributed by atoms with Crippen molar-refractivity contribution in [2.45, 2.75) is 20.0 Å². The molecule has 0 spiro atoms. The molecule has 1 aliphatic heterocycles. The van der Waals surface area contributed by atoms with Crippen molar-refractivity contribution in [2.24, 2.45) is 4.99 Å². The van der Waals surface area contributed by atoms with E-state index in [1.807, 2.05) is 11.8 Å². The van der Waals surface area contributed by atoms with Crippen molar-refractivity contribution in [3.05, 3.63) is 41.6 Å². The van der Waals surface area contributed by atoms with Crippen molar-refractivity contribution in [2.75, 3.05) is 38.2 Å². The zero-order valence-corrected chi connectivity index (χ0v) is 16.8. The standard InChI is InChI=1S/C20H25N5O4/c1-4-23(12-14(2)27)20(28)15-9-17-19(22-11-15)25(7-8-29-17)16-5-6-24(13-26)18(10-16)21-3/h5-6,9-11,13-14,27H,4,7-8,12H2,1-3H3/b21-18-. The number of hydrogen-bond acceptors (Lipinski definition) is 7. The van der Waals surface area contributed by atoms with Gasteiger partial charge in [0.2, 0.25) is 6.41 Å². The molecule has 0 bridgehead atoms. The van der Waals surface area contributed by atoms with Gasteiger partial charge in [0.1, 0.15) is 12.1 Å². The van der Waals surface area contributed by atoms with E-state index in [-0.39, 0.29) is 12.5 Å². The van der Waals surface area contributed by atoms with Crippen LogP contribution in [0.15, 0.2) is 35.6 Å². The maximum Gasteiger partial charge on any atom is 0.255 e. The Hall–Kier alpha value is -3.20. The molecule has 1 unspecified atom stereocenters. The highest BCUT2D eigenvalue weighted by Gasteiger charge is 2.24. The van der Waals surface area contributed by atoms with Gasteiger partial charge in [-0.15, -0.1) is 0 Å². The number of hydrogen-bond donors (Lipinski definition) is 1. The van der Waals surface area contributed by atoms with Crippen LogP contribution in [0.25, 0.3) is 0 Å². The predicted octanol–water partition coefficient (Wildman–Crippen LogP) is 0.825. The summed E-state index contributed by atoms with van der Waals surface area (Å²) >= 11 is 0. The monoisotopic (exact) mass is 399 g/mol. The Morgan fingerprint density at radius 1 is 1.48 bits per heavy atom. The van der Waals surface area contributed by atoms with Gasteiger partial charge in [-0.2, -0.15) is 0 Å². The van der Waals surface area contributed by atoms with Crippen LogP contribution in [0, 0.1) is 0 Å². The van der Waals surface area contributed by atoms with E-state index in [0.29, 0.717) is 48.7 Å². The van der Waals surface area contributed by atoms with Gasteiger partial charge in [0.25, 0.3) is 5.91 Å². The first-order valence-corrected chi connectivity index (χ1v) is 9.46. The first-order valence-electron chi connectivity index (χ1n) is 9.46. The normalized spacial score (nSPS) is 14.8. The number of likely N-dealkylation sites (N-methyl/N-ethyl adjacent to an activating group) is 1. The molecule has 2 aromatic heterocycles. The number of fused-ring (bicyclic) bond motifs is 1. The minimum absolute atomic E-state index is 0.205. The number of ether oxygens (including phenoxy) is 1. The Labute approximate surface area is 168 Å². The molecule has 29 heavy (non-hydrogen) atoms. The minimum Gasteiger partial charge on any atom is -0.488 e. The lowest BCUT2D eigenvalue weighted by Gasteiger charge is -2.30. The lowest BCUT2D eigenvalue weighted by atomic mass is 10.2. The van der Waals surface area contributed by atoms with Crippen molar-refractivity contribution in [3.63, 3.8) is 0 Å². The molecule has 0 aromatic carbocycles. The van der Waals surface area contributed by atoms with Gasteiger partial charge in [0.15, 0.2) is 11.6 Å². The van der Waals surface area contributed by atoms with E-state index < -0.39 is 6.10 Å². The Balaban J connectivity index is 1.94. The van der Waals surface area contributed by atoms with E-state index in [1.165, 1.54) is 10.8 Å². The molecule has 3 rings (SSSR count). The number of amides is 1. The fourth-order valence-electron chi connectivity index (χ4n) is 3.25. The summed E-state index contributed by atoms with van der Waals surface area (Å²) in [6.07, 6.45) is 3.25. The second-order valence-corrected chi connectivity index (χ2v) is 6.72. The molecule has 1 amide bonds. The van der Waals surface area contributed by atoms with Gasteiger partial charge in [0, 0.05) is 44.3 Å². The number of aliphatic hydroxyl groups is 1. The van der Waals surface area contributed by atoms with Crippen LogP contribution in [0.2, 0.25) is 0 Å². The number of rotatable bonds is 6. The molecule has 0 saturated carbocycles. The van der Waals surface area contributed by atoms with Crippen LogP contribution in [-0.2, 0) is 4.79 Å². The zero-order chi connectivity index (χ0) is 21.0. The number of pyridine rings is 2. The molecule has 0 radical (unpaired) electrons. The number of carbonyl (C=O) groups excluding carboxylic acids is 2. The van der Waals surface area contributed by atoms with E-state index in [2.05, 4.69) is 9.98 Å². The molecule has 1 atom stereocenters. The van der Waals surface area contributed by atoms with Gasteiger partial charge in [0.05, 0.1) is 18.2 Å². The highest BCUT2D eigenvalue weighted by atomic mass is 16.5. The third-order valence-corrected chi connectivity index (χ3v) is 4.66. The zero-order valence-electron chi connectivity index (χ0n) is 16.8. The van der Waals surface area contributed by atoms with Crippen molar-refractivity contribution < 1.29 is 19.4 Å². The van der Waals surface area contributed by atoms with Crippen LogP contribution in [0.4, 0.5) is 11.5 Å². The average Bonchev–Trinajstić information content (AvgIpc) is 2.75. The van der Waals surface area contributed by atoms with E-state index >= 15 is 0 Å². The summed E-state index contributed by atoms with van der Waals surface area (Å²) in [6, 6.07) is 5.28. The number of nitrogens with zero attached hydrogens (tertiary/aromatic N) is 5. The van der Waals surface area contributed by atoms with Crippen LogP contribution in [0.1, 0.15) is 24.2 Å². The van der Waals surface area contributed by atoms with Gasteiger partial charge in [-0.25, -0.2) is 4.98 Å². The fourth-order valence-corrected chi connectivity index (χ4v) is 3.25. The van der Waals surface area contributed by atoms with E-state index in [0.717, 1.165) is 5.69 Å². The number of carbonyl (C=O) groups is 2. The Morgan fingerprint density at radius 2 is 2.28 bits per heavy atom. The summed E-state index contributed by atoms with van der Waals surface area (Å²) in [5, 5.41) is 9.61. The molecule has 3 heterocycles. The summed E-state index contributed by atoms with van der Waals surface area (Å²) in [4.78, 5) is 36.0. The predicted molar refractivity (Wildman–Crippen MR) is 108 cm³/mol. The summed E-state index contributed by atoms with van der Waals surface area (Å²) in [7, 11) is 1.62. The lowest BCUT2D eigenvalue weighted by Crippen LogP contribution is -2.37. The van der Waals surface area contributed by atoms with Crippen molar-refractivity contribution in [1.29, 1.82) is 0 Å². The molecular formula is C20H25N5O4. The second-order valence-electron chi connectivity index (χ2n) is 6.72. The van der Waals surface area contributed by atoms with Crippen molar-refractivity contribution >= 4 is 23.8 Å². The second kappa shape index (κ2) is 8.87. The van der Waals surface area contributed by atoms with E-state index in [1.54, 1.807) is 43.3 Å². The van der Waals surface area contributed by atoms with Crippen molar-refractivity contribution in [3.8, 4) is 5.75 Å². The number of aromatic nitrogens is 2. The van der Waals surface area contributed by atoms with Gasteiger partial charge in [-0.1, -0.05) is 0 Å². The Bertz CT molecular complexity index is 970. The van der Waals surface area contributed by atoms with Gasteiger partial charge >= 0.3 is 0 Å². The van der Waals surface area contributed by atoms with Crippen LogP contribution < -0.4 is 15.1 Å². The first kappa shape index (κ1) is 20.5. The summed E-state index contributed by atoms with van der Waals surface area (Å²) in [6.45, 7) is 5.25. The Kier molecular flexibility index (Phi) is 6.28. The maximum absolute atomic E-state index is 12.8. The maximum atomic E-state index is 12.8. The smallest absolute Gasteiger partial charge is 0.255 e. The SMILES string of the molecule is CCN(CC(C)O)C(=O)c1cnc2c(c1)OCCN2c1ccn(C=O)/c(=N\C)c1. The molecule has 2 aromatic rings. The van der Waals surface area contributed by atoms with E-state index in [9.17, 15) is 14.7 Å².